The molecule has 0 saturated carbocycles. The molecular weight excluding hydrogens is 317 g/mol. The van der Waals surface area contributed by atoms with Crippen LogP contribution >= 0.6 is 24.0 Å². The number of thioether (sulfide) groups is 1. The average Bonchev–Trinajstić information content (AvgIpc) is 2.45. The zero-order valence-corrected chi connectivity index (χ0v) is 12.9. The molecule has 0 radical (unpaired) electrons. The number of thiocarbonyl (C=S) groups is 1. The van der Waals surface area contributed by atoms with Crippen molar-refractivity contribution in [1.82, 2.24) is 5.32 Å². The number of rotatable bonds is 4. The molecule has 0 amide bonds. The molecule has 0 aliphatic rings. The SMILES string of the molecule is S=C(NCc1ccccc1)SCc1ccccc1.[Ni]. The maximum atomic E-state index is 5.30. The van der Waals surface area contributed by atoms with Gasteiger partial charge in [0.25, 0.3) is 0 Å². The zero-order valence-electron chi connectivity index (χ0n) is 10.3. The summed E-state index contributed by atoms with van der Waals surface area (Å²) in [5.41, 5.74) is 2.55. The van der Waals surface area contributed by atoms with E-state index in [1.807, 2.05) is 24.3 Å². The Labute approximate surface area is 134 Å². The van der Waals surface area contributed by atoms with Gasteiger partial charge < -0.3 is 5.32 Å². The minimum absolute atomic E-state index is 0. The molecule has 0 aromatic heterocycles. The second kappa shape index (κ2) is 9.14. The van der Waals surface area contributed by atoms with Crippen LogP contribution in [0.1, 0.15) is 11.1 Å². The van der Waals surface area contributed by atoms with Gasteiger partial charge in [0.1, 0.15) is 4.32 Å². The predicted molar refractivity (Wildman–Crippen MR) is 83.6 cm³/mol. The Bertz CT molecular complexity index is 443. The second-order valence-corrected chi connectivity index (χ2v) is 5.55. The van der Waals surface area contributed by atoms with Crippen molar-refractivity contribution in [3.05, 3.63) is 71.8 Å². The first-order valence-electron chi connectivity index (χ1n) is 5.83. The van der Waals surface area contributed by atoms with Crippen molar-refractivity contribution in [3.8, 4) is 0 Å². The van der Waals surface area contributed by atoms with Crippen LogP contribution in [-0.2, 0) is 28.8 Å². The Morgan fingerprint density at radius 2 is 1.42 bits per heavy atom. The molecule has 0 atom stereocenters. The molecule has 0 spiro atoms. The van der Waals surface area contributed by atoms with Crippen LogP contribution in [0.4, 0.5) is 0 Å². The van der Waals surface area contributed by atoms with Crippen molar-refractivity contribution in [1.29, 1.82) is 0 Å². The third-order valence-corrected chi connectivity index (χ3v) is 3.87. The summed E-state index contributed by atoms with van der Waals surface area (Å²) in [6.07, 6.45) is 0. The molecule has 0 saturated heterocycles. The molecule has 2 rings (SSSR count). The largest absolute Gasteiger partial charge is 0.367 e. The van der Waals surface area contributed by atoms with Crippen LogP contribution < -0.4 is 5.32 Å². The predicted octanol–water partition coefficient (Wildman–Crippen LogP) is 3.99. The minimum atomic E-state index is 0. The van der Waals surface area contributed by atoms with Crippen molar-refractivity contribution >= 4 is 28.3 Å². The van der Waals surface area contributed by atoms with Crippen LogP contribution in [-0.4, -0.2) is 4.32 Å². The van der Waals surface area contributed by atoms with Gasteiger partial charge >= 0.3 is 0 Å². The molecule has 0 unspecified atom stereocenters. The fourth-order valence-electron chi connectivity index (χ4n) is 1.54. The Kier molecular flexibility index (Phi) is 7.80. The van der Waals surface area contributed by atoms with Gasteiger partial charge in [-0.15, -0.1) is 0 Å². The first kappa shape index (κ1) is 16.2. The van der Waals surface area contributed by atoms with Crippen molar-refractivity contribution in [2.45, 2.75) is 12.3 Å². The van der Waals surface area contributed by atoms with Gasteiger partial charge in [-0.1, -0.05) is 84.6 Å². The summed E-state index contributed by atoms with van der Waals surface area (Å²) in [5, 5.41) is 3.26. The molecule has 19 heavy (non-hydrogen) atoms. The minimum Gasteiger partial charge on any atom is -0.367 e. The van der Waals surface area contributed by atoms with Crippen molar-refractivity contribution < 1.29 is 16.5 Å². The van der Waals surface area contributed by atoms with Gasteiger partial charge in [0.15, 0.2) is 0 Å². The standard InChI is InChI=1S/C15H15NS2.Ni/c17-15(16-11-13-7-3-1-4-8-13)18-12-14-9-5-2-6-10-14;/h1-10H,11-12H2,(H,16,17);. The van der Waals surface area contributed by atoms with Gasteiger partial charge in [0, 0.05) is 28.8 Å². The first-order chi connectivity index (χ1) is 8.84. The summed E-state index contributed by atoms with van der Waals surface area (Å²) in [7, 11) is 0. The maximum absolute atomic E-state index is 5.30. The summed E-state index contributed by atoms with van der Waals surface area (Å²) < 4.78 is 0.850. The van der Waals surface area contributed by atoms with E-state index in [0.717, 1.165) is 16.6 Å². The van der Waals surface area contributed by atoms with Gasteiger partial charge in [-0.25, -0.2) is 0 Å². The fourth-order valence-corrected chi connectivity index (χ4v) is 2.46. The van der Waals surface area contributed by atoms with Crippen molar-refractivity contribution in [2.24, 2.45) is 0 Å². The fraction of sp³-hybridized carbons (Fsp3) is 0.133. The molecule has 0 aliphatic carbocycles. The van der Waals surface area contributed by atoms with E-state index in [9.17, 15) is 0 Å². The molecule has 1 N–H and O–H groups in total. The summed E-state index contributed by atoms with van der Waals surface area (Å²) in [6, 6.07) is 20.7. The Balaban J connectivity index is 0.00000180. The normalized spacial score (nSPS) is 9.47. The van der Waals surface area contributed by atoms with Crippen LogP contribution in [0.3, 0.4) is 0 Å². The van der Waals surface area contributed by atoms with Crippen molar-refractivity contribution in [2.75, 3.05) is 0 Å². The Morgan fingerprint density at radius 3 is 2.00 bits per heavy atom. The van der Waals surface area contributed by atoms with Gasteiger partial charge in [0.05, 0.1) is 0 Å². The smallest absolute Gasteiger partial charge is 0.134 e. The van der Waals surface area contributed by atoms with E-state index in [2.05, 4.69) is 41.7 Å². The number of hydrogen-bond acceptors (Lipinski definition) is 2. The van der Waals surface area contributed by atoms with Crippen LogP contribution in [0.5, 0.6) is 0 Å². The topological polar surface area (TPSA) is 12.0 Å². The van der Waals surface area contributed by atoms with E-state index in [-0.39, 0.29) is 16.5 Å². The van der Waals surface area contributed by atoms with E-state index in [1.165, 1.54) is 11.1 Å². The van der Waals surface area contributed by atoms with Gasteiger partial charge in [-0.3, -0.25) is 0 Å². The molecule has 0 bridgehead atoms. The molecule has 2 aromatic carbocycles. The quantitative estimate of drug-likeness (QED) is 0.672. The van der Waals surface area contributed by atoms with Crippen LogP contribution in [0.15, 0.2) is 60.7 Å². The zero-order chi connectivity index (χ0) is 12.6. The summed E-state index contributed by atoms with van der Waals surface area (Å²) >= 11 is 6.97. The summed E-state index contributed by atoms with van der Waals surface area (Å²) in [6.45, 7) is 0.793. The number of benzene rings is 2. The monoisotopic (exact) mass is 331 g/mol. The maximum Gasteiger partial charge on any atom is 0.134 e. The molecule has 1 nitrogen and oxygen atoms in total. The van der Waals surface area contributed by atoms with Gasteiger partial charge in [0.2, 0.25) is 0 Å². The number of hydrogen-bond donors (Lipinski definition) is 1. The number of nitrogens with one attached hydrogen (secondary N) is 1. The molecule has 0 heterocycles. The van der Waals surface area contributed by atoms with E-state index in [4.69, 9.17) is 12.2 Å². The third-order valence-electron chi connectivity index (χ3n) is 2.49. The summed E-state index contributed by atoms with van der Waals surface area (Å²) in [4.78, 5) is 0. The third kappa shape index (κ3) is 6.24. The molecule has 0 fully saturated rings. The van der Waals surface area contributed by atoms with E-state index >= 15 is 0 Å². The second-order valence-electron chi connectivity index (χ2n) is 3.90. The van der Waals surface area contributed by atoms with Crippen LogP contribution in [0.25, 0.3) is 0 Å². The van der Waals surface area contributed by atoms with Gasteiger partial charge in [-0.05, 0) is 11.1 Å². The van der Waals surface area contributed by atoms with Crippen LogP contribution in [0, 0.1) is 0 Å². The molecule has 2 aromatic rings. The van der Waals surface area contributed by atoms with E-state index in [0.29, 0.717) is 0 Å². The average molecular weight is 332 g/mol. The van der Waals surface area contributed by atoms with Crippen molar-refractivity contribution in [3.63, 3.8) is 0 Å². The molecule has 4 heteroatoms. The van der Waals surface area contributed by atoms with Crippen LogP contribution in [0.2, 0.25) is 0 Å². The van der Waals surface area contributed by atoms with Gasteiger partial charge in [-0.2, -0.15) is 0 Å². The van der Waals surface area contributed by atoms with E-state index in [1.54, 1.807) is 11.8 Å². The molecule has 0 aliphatic heterocycles. The molecule has 102 valence electrons. The Morgan fingerprint density at radius 1 is 0.895 bits per heavy atom. The summed E-state index contributed by atoms with van der Waals surface area (Å²) in [5.74, 6) is 0.918. The molecular formula is C15H15NNiS2. The Hall–Kier alpha value is -0.826. The van der Waals surface area contributed by atoms with E-state index < -0.39 is 0 Å². The first-order valence-corrected chi connectivity index (χ1v) is 7.22.